The number of hydrogen-bond acceptors (Lipinski definition) is 4. The van der Waals surface area contributed by atoms with E-state index in [0.29, 0.717) is 6.54 Å². The lowest BCUT2D eigenvalue weighted by molar-refractivity contribution is -0.144. The van der Waals surface area contributed by atoms with Crippen molar-refractivity contribution in [1.29, 1.82) is 0 Å². The number of hydrogen-bond donors (Lipinski definition) is 2. The minimum Gasteiger partial charge on any atom is -0.389 e. The van der Waals surface area contributed by atoms with Gasteiger partial charge in [0.05, 0.1) is 18.1 Å². The van der Waals surface area contributed by atoms with E-state index in [0.717, 1.165) is 38.8 Å². The smallest absolute Gasteiger partial charge is 0.229 e. The van der Waals surface area contributed by atoms with Gasteiger partial charge in [0.15, 0.2) is 0 Å². The van der Waals surface area contributed by atoms with Gasteiger partial charge in [-0.05, 0) is 25.8 Å². The van der Waals surface area contributed by atoms with Crippen LogP contribution in [0.15, 0.2) is 0 Å². The second kappa shape index (κ2) is 7.82. The van der Waals surface area contributed by atoms with E-state index in [2.05, 4.69) is 12.2 Å². The zero-order valence-corrected chi connectivity index (χ0v) is 12.4. The van der Waals surface area contributed by atoms with Crippen molar-refractivity contribution in [2.24, 2.45) is 5.41 Å². The molecule has 112 valence electrons. The van der Waals surface area contributed by atoms with Gasteiger partial charge in [0.1, 0.15) is 0 Å². The minimum atomic E-state index is -0.617. The Morgan fingerprint density at radius 1 is 1.58 bits per heavy atom. The molecule has 1 aliphatic heterocycles. The van der Waals surface area contributed by atoms with Gasteiger partial charge in [-0.15, -0.1) is 0 Å². The zero-order chi connectivity index (χ0) is 14.3. The van der Waals surface area contributed by atoms with E-state index in [1.807, 2.05) is 0 Å². The summed E-state index contributed by atoms with van der Waals surface area (Å²) in [4.78, 5) is 14.3. The predicted molar refractivity (Wildman–Crippen MR) is 75.0 cm³/mol. The molecule has 0 bridgehead atoms. The quantitative estimate of drug-likeness (QED) is 0.713. The zero-order valence-electron chi connectivity index (χ0n) is 12.4. The second-order valence-corrected chi connectivity index (χ2v) is 5.61. The number of ether oxygens (including phenoxy) is 1. The summed E-state index contributed by atoms with van der Waals surface area (Å²) in [5.74, 6) is 0.150. The summed E-state index contributed by atoms with van der Waals surface area (Å²) in [5.41, 5.74) is -0.283. The highest BCUT2D eigenvalue weighted by Crippen LogP contribution is 2.33. The van der Waals surface area contributed by atoms with Gasteiger partial charge in [-0.3, -0.25) is 4.79 Å². The summed E-state index contributed by atoms with van der Waals surface area (Å²) in [6, 6.07) is 0. The van der Waals surface area contributed by atoms with Crippen LogP contribution in [0.5, 0.6) is 0 Å². The largest absolute Gasteiger partial charge is 0.389 e. The van der Waals surface area contributed by atoms with Crippen LogP contribution in [0.2, 0.25) is 0 Å². The van der Waals surface area contributed by atoms with Crippen LogP contribution in [-0.4, -0.2) is 62.4 Å². The lowest BCUT2D eigenvalue weighted by atomic mass is 9.75. The summed E-state index contributed by atoms with van der Waals surface area (Å²) in [6.07, 6.45) is 3.28. The highest BCUT2D eigenvalue weighted by molar-refractivity contribution is 5.83. The van der Waals surface area contributed by atoms with E-state index in [-0.39, 0.29) is 17.9 Å². The average Bonchev–Trinajstić information content (AvgIpc) is 2.39. The van der Waals surface area contributed by atoms with Crippen molar-refractivity contribution in [3.8, 4) is 0 Å². The van der Waals surface area contributed by atoms with Gasteiger partial charge in [0.25, 0.3) is 0 Å². The Kier molecular flexibility index (Phi) is 6.75. The van der Waals surface area contributed by atoms with E-state index in [1.54, 1.807) is 19.1 Å². The van der Waals surface area contributed by atoms with Crippen LogP contribution in [0.25, 0.3) is 0 Å². The van der Waals surface area contributed by atoms with Gasteiger partial charge in [0.2, 0.25) is 5.91 Å². The molecule has 2 unspecified atom stereocenters. The Morgan fingerprint density at radius 2 is 2.32 bits per heavy atom. The van der Waals surface area contributed by atoms with Crippen LogP contribution in [0.3, 0.4) is 0 Å². The summed E-state index contributed by atoms with van der Waals surface area (Å²) >= 11 is 0. The molecule has 1 heterocycles. The molecule has 0 aliphatic carbocycles. The van der Waals surface area contributed by atoms with Crippen molar-refractivity contribution in [1.82, 2.24) is 10.2 Å². The van der Waals surface area contributed by atoms with Gasteiger partial charge in [-0.25, -0.2) is 0 Å². The molecule has 1 aliphatic rings. The van der Waals surface area contributed by atoms with Crippen molar-refractivity contribution >= 4 is 5.91 Å². The maximum absolute atomic E-state index is 12.7. The maximum atomic E-state index is 12.7. The number of methoxy groups -OCH3 is 1. The van der Waals surface area contributed by atoms with Crippen molar-refractivity contribution in [2.45, 2.75) is 38.7 Å². The predicted octanol–water partition coefficient (Wildman–Crippen LogP) is 0.622. The molecular weight excluding hydrogens is 244 g/mol. The topological polar surface area (TPSA) is 61.8 Å². The number of likely N-dealkylation sites (N-methyl/N-ethyl adjacent to an activating group) is 1. The Morgan fingerprint density at radius 3 is 2.84 bits per heavy atom. The third-order valence-corrected chi connectivity index (χ3v) is 3.84. The van der Waals surface area contributed by atoms with E-state index in [1.165, 1.54) is 0 Å². The van der Waals surface area contributed by atoms with Gasteiger partial charge in [-0.1, -0.05) is 13.3 Å². The van der Waals surface area contributed by atoms with Crippen molar-refractivity contribution < 1.29 is 14.6 Å². The van der Waals surface area contributed by atoms with Crippen LogP contribution in [-0.2, 0) is 9.53 Å². The van der Waals surface area contributed by atoms with Crippen LogP contribution < -0.4 is 5.32 Å². The fourth-order valence-corrected chi connectivity index (χ4v) is 3.00. The SMILES string of the molecule is CCCC1(C(=O)N(C)CC(O)COC)CCCNC1. The Bertz CT molecular complexity index is 272. The van der Waals surface area contributed by atoms with Crippen LogP contribution in [0.1, 0.15) is 32.6 Å². The highest BCUT2D eigenvalue weighted by atomic mass is 16.5. The Hall–Kier alpha value is -0.650. The lowest BCUT2D eigenvalue weighted by Gasteiger charge is -2.39. The number of nitrogens with zero attached hydrogens (tertiary/aromatic N) is 1. The fourth-order valence-electron chi connectivity index (χ4n) is 3.00. The molecule has 1 rings (SSSR count). The lowest BCUT2D eigenvalue weighted by Crippen LogP contribution is -2.52. The average molecular weight is 272 g/mol. The van der Waals surface area contributed by atoms with Crippen LogP contribution in [0.4, 0.5) is 0 Å². The Labute approximate surface area is 116 Å². The summed E-state index contributed by atoms with van der Waals surface area (Å²) in [6.45, 7) is 4.46. The minimum absolute atomic E-state index is 0.150. The first kappa shape index (κ1) is 16.4. The molecular formula is C14H28N2O3. The molecule has 0 aromatic heterocycles. The number of aliphatic hydroxyl groups excluding tert-OH is 1. The van der Waals surface area contributed by atoms with Crippen LogP contribution in [0, 0.1) is 5.41 Å². The van der Waals surface area contributed by atoms with Gasteiger partial charge >= 0.3 is 0 Å². The fraction of sp³-hybridized carbons (Fsp3) is 0.929. The molecule has 0 aromatic rings. The molecule has 1 fully saturated rings. The van der Waals surface area contributed by atoms with Crippen molar-refractivity contribution in [2.75, 3.05) is 40.4 Å². The maximum Gasteiger partial charge on any atom is 0.229 e. The van der Waals surface area contributed by atoms with Crippen LogP contribution >= 0.6 is 0 Å². The first-order valence-corrected chi connectivity index (χ1v) is 7.19. The number of rotatable bonds is 7. The number of aliphatic hydroxyl groups is 1. The molecule has 5 nitrogen and oxygen atoms in total. The molecule has 1 saturated heterocycles. The van der Waals surface area contributed by atoms with E-state index >= 15 is 0 Å². The first-order chi connectivity index (χ1) is 9.05. The third-order valence-electron chi connectivity index (χ3n) is 3.84. The number of carbonyl (C=O) groups excluding carboxylic acids is 1. The third kappa shape index (κ3) is 4.44. The van der Waals surface area contributed by atoms with E-state index < -0.39 is 6.10 Å². The summed E-state index contributed by atoms with van der Waals surface area (Å²) < 4.78 is 4.90. The number of carbonyl (C=O) groups is 1. The summed E-state index contributed by atoms with van der Waals surface area (Å²) in [5, 5.41) is 13.1. The van der Waals surface area contributed by atoms with Crippen molar-refractivity contribution in [3.05, 3.63) is 0 Å². The molecule has 19 heavy (non-hydrogen) atoms. The molecule has 1 amide bonds. The van der Waals surface area contributed by atoms with Gasteiger partial charge < -0.3 is 20.1 Å². The molecule has 2 N–H and O–H groups in total. The highest BCUT2D eigenvalue weighted by Gasteiger charge is 2.40. The number of amides is 1. The first-order valence-electron chi connectivity index (χ1n) is 7.19. The monoisotopic (exact) mass is 272 g/mol. The normalized spacial score (nSPS) is 25.1. The van der Waals surface area contributed by atoms with Crippen molar-refractivity contribution in [3.63, 3.8) is 0 Å². The molecule has 5 heteroatoms. The van der Waals surface area contributed by atoms with Gasteiger partial charge in [0, 0.05) is 27.2 Å². The number of nitrogens with one attached hydrogen (secondary N) is 1. The number of piperidine rings is 1. The summed E-state index contributed by atoms with van der Waals surface area (Å²) in [7, 11) is 3.32. The molecule has 0 radical (unpaired) electrons. The second-order valence-electron chi connectivity index (χ2n) is 5.61. The standard InChI is InChI=1S/C14H28N2O3/c1-4-6-14(7-5-8-15-11-14)13(18)16(2)9-12(17)10-19-3/h12,15,17H,4-11H2,1-3H3. The Balaban J connectivity index is 2.65. The van der Waals surface area contributed by atoms with Gasteiger partial charge in [-0.2, -0.15) is 0 Å². The van der Waals surface area contributed by atoms with E-state index in [4.69, 9.17) is 4.74 Å². The molecule has 0 aromatic carbocycles. The molecule has 0 spiro atoms. The molecule has 0 saturated carbocycles. The van der Waals surface area contributed by atoms with E-state index in [9.17, 15) is 9.90 Å². The molecule has 2 atom stereocenters.